The number of hydrogen-bond donors (Lipinski definition) is 1. The molecule has 0 spiro atoms. The van der Waals surface area contributed by atoms with Crippen LogP contribution in [0.2, 0.25) is 5.02 Å². The maximum atomic E-state index is 13.8. The zero-order chi connectivity index (χ0) is 16.4. The zero-order valence-electron chi connectivity index (χ0n) is 12.7. The molecule has 1 fully saturated rings. The number of nitrogens with one attached hydrogen (secondary N) is 1. The summed E-state index contributed by atoms with van der Waals surface area (Å²) in [6.45, 7) is 4.21. The summed E-state index contributed by atoms with van der Waals surface area (Å²) in [4.78, 5) is 18.7. The molecule has 0 radical (unpaired) electrons. The van der Waals surface area contributed by atoms with Crippen molar-refractivity contribution >= 4 is 28.8 Å². The fourth-order valence-electron chi connectivity index (χ4n) is 2.60. The van der Waals surface area contributed by atoms with E-state index in [4.69, 9.17) is 11.6 Å². The van der Waals surface area contributed by atoms with E-state index in [1.165, 1.54) is 17.4 Å². The summed E-state index contributed by atoms with van der Waals surface area (Å²) in [6.07, 6.45) is 0.352. The molecule has 122 valence electrons. The lowest BCUT2D eigenvalue weighted by Gasteiger charge is -2.31. The van der Waals surface area contributed by atoms with Crippen LogP contribution in [-0.4, -0.2) is 41.5 Å². The number of aromatic nitrogens is 1. The molecule has 23 heavy (non-hydrogen) atoms. The quantitative estimate of drug-likeness (QED) is 0.922. The second-order valence-corrected chi connectivity index (χ2v) is 6.96. The molecule has 0 unspecified atom stereocenters. The van der Waals surface area contributed by atoms with Crippen LogP contribution in [0.5, 0.6) is 0 Å². The van der Waals surface area contributed by atoms with E-state index >= 15 is 0 Å². The molecule has 4 nitrogen and oxygen atoms in total. The molecule has 0 saturated carbocycles. The van der Waals surface area contributed by atoms with Crippen molar-refractivity contribution < 1.29 is 9.18 Å². The van der Waals surface area contributed by atoms with Crippen LogP contribution < -0.4 is 5.32 Å². The van der Waals surface area contributed by atoms with Gasteiger partial charge in [-0.3, -0.25) is 4.79 Å². The summed E-state index contributed by atoms with van der Waals surface area (Å²) in [6, 6.07) is 4.88. The van der Waals surface area contributed by atoms with E-state index in [1.807, 2.05) is 10.3 Å². The van der Waals surface area contributed by atoms with Crippen molar-refractivity contribution in [1.82, 2.24) is 15.2 Å². The lowest BCUT2D eigenvalue weighted by atomic mass is 10.1. The first kappa shape index (κ1) is 16.4. The molecule has 2 heterocycles. The highest BCUT2D eigenvalue weighted by Crippen LogP contribution is 2.20. The molecular weight excluding hydrogens is 337 g/mol. The molecule has 1 N–H and O–H groups in total. The molecule has 1 saturated heterocycles. The molecule has 2 aromatic rings. The molecule has 1 amide bonds. The SMILES string of the molecule is C[C@H]1CN(C(=O)c2nc(Cc3ccc(Cl)cc3F)cs2)CCN1. The molecule has 7 heteroatoms. The number of amides is 1. The topological polar surface area (TPSA) is 45.2 Å². The van der Waals surface area contributed by atoms with Crippen LogP contribution in [0.25, 0.3) is 0 Å². The van der Waals surface area contributed by atoms with E-state index in [-0.39, 0.29) is 17.8 Å². The smallest absolute Gasteiger partial charge is 0.282 e. The predicted octanol–water partition coefficient (Wildman–Crippen LogP) is 2.96. The standard InChI is InChI=1S/C16H17ClFN3OS/c1-10-8-21(5-4-19-10)16(22)15-20-13(9-23-15)6-11-2-3-12(17)7-14(11)18/h2-3,7,9-10,19H,4-6,8H2,1H3/t10-/m0/s1. The minimum absolute atomic E-state index is 0.0498. The fraction of sp³-hybridized carbons (Fsp3) is 0.375. The summed E-state index contributed by atoms with van der Waals surface area (Å²) < 4.78 is 13.8. The van der Waals surface area contributed by atoms with Crippen molar-refractivity contribution in [3.05, 3.63) is 50.7 Å². The molecule has 0 bridgehead atoms. The van der Waals surface area contributed by atoms with E-state index in [0.717, 1.165) is 6.54 Å². The third-order valence-corrected chi connectivity index (χ3v) is 4.89. The van der Waals surface area contributed by atoms with Crippen LogP contribution in [0.4, 0.5) is 4.39 Å². The van der Waals surface area contributed by atoms with Gasteiger partial charge in [0, 0.05) is 42.5 Å². The predicted molar refractivity (Wildman–Crippen MR) is 89.7 cm³/mol. The van der Waals surface area contributed by atoms with E-state index in [1.54, 1.807) is 12.1 Å². The van der Waals surface area contributed by atoms with Gasteiger partial charge in [-0.2, -0.15) is 0 Å². The number of nitrogens with zero attached hydrogens (tertiary/aromatic N) is 2. The Morgan fingerprint density at radius 1 is 1.57 bits per heavy atom. The van der Waals surface area contributed by atoms with E-state index in [0.29, 0.717) is 40.8 Å². The first-order valence-electron chi connectivity index (χ1n) is 7.44. The van der Waals surface area contributed by atoms with Gasteiger partial charge in [-0.15, -0.1) is 11.3 Å². The monoisotopic (exact) mass is 353 g/mol. The summed E-state index contributed by atoms with van der Waals surface area (Å²) in [5, 5.41) is 5.95. The van der Waals surface area contributed by atoms with Gasteiger partial charge in [-0.25, -0.2) is 9.37 Å². The average molecular weight is 354 g/mol. The molecule has 1 atom stereocenters. The van der Waals surface area contributed by atoms with Crippen molar-refractivity contribution in [3.63, 3.8) is 0 Å². The molecule has 1 aliphatic rings. The Hall–Kier alpha value is -1.50. The van der Waals surface area contributed by atoms with E-state index < -0.39 is 0 Å². The van der Waals surface area contributed by atoms with Gasteiger partial charge >= 0.3 is 0 Å². The fourth-order valence-corrected chi connectivity index (χ4v) is 3.54. The lowest BCUT2D eigenvalue weighted by Crippen LogP contribution is -2.51. The van der Waals surface area contributed by atoms with Crippen LogP contribution in [-0.2, 0) is 6.42 Å². The van der Waals surface area contributed by atoms with Gasteiger partial charge in [0.2, 0.25) is 0 Å². The van der Waals surface area contributed by atoms with Gasteiger partial charge in [0.1, 0.15) is 5.82 Å². The molecule has 1 aromatic carbocycles. The number of carbonyl (C=O) groups excluding carboxylic acids is 1. The van der Waals surface area contributed by atoms with E-state index in [2.05, 4.69) is 17.2 Å². The van der Waals surface area contributed by atoms with Crippen LogP contribution in [0.1, 0.15) is 28.0 Å². The Labute approximate surface area is 143 Å². The summed E-state index contributed by atoms with van der Waals surface area (Å²) in [5.74, 6) is -0.402. The Bertz CT molecular complexity index is 721. The maximum Gasteiger partial charge on any atom is 0.282 e. The zero-order valence-corrected chi connectivity index (χ0v) is 14.3. The van der Waals surface area contributed by atoms with Crippen molar-refractivity contribution in [2.24, 2.45) is 0 Å². The second kappa shape index (κ2) is 6.95. The maximum absolute atomic E-state index is 13.8. The van der Waals surface area contributed by atoms with Crippen molar-refractivity contribution in [3.8, 4) is 0 Å². The Kier molecular flexibility index (Phi) is 4.94. The highest BCUT2D eigenvalue weighted by Gasteiger charge is 2.23. The summed E-state index contributed by atoms with van der Waals surface area (Å²) in [7, 11) is 0. The van der Waals surface area contributed by atoms with Gasteiger partial charge < -0.3 is 10.2 Å². The minimum Gasteiger partial charge on any atom is -0.334 e. The van der Waals surface area contributed by atoms with Gasteiger partial charge in [0.25, 0.3) is 5.91 Å². The first-order valence-corrected chi connectivity index (χ1v) is 8.69. The number of hydrogen-bond acceptors (Lipinski definition) is 4. The third-order valence-electron chi connectivity index (χ3n) is 3.78. The highest BCUT2D eigenvalue weighted by molar-refractivity contribution is 7.11. The largest absolute Gasteiger partial charge is 0.334 e. The number of halogens is 2. The number of thiazole rings is 1. The van der Waals surface area contributed by atoms with Crippen LogP contribution in [0.15, 0.2) is 23.6 Å². The second-order valence-electron chi connectivity index (χ2n) is 5.66. The minimum atomic E-state index is -0.352. The molecular formula is C16H17ClFN3OS. The molecule has 1 aromatic heterocycles. The average Bonchev–Trinajstić information content (AvgIpc) is 2.98. The Balaban J connectivity index is 1.71. The first-order chi connectivity index (χ1) is 11.0. The van der Waals surface area contributed by atoms with Crippen molar-refractivity contribution in [1.29, 1.82) is 0 Å². The van der Waals surface area contributed by atoms with Gasteiger partial charge in [0.15, 0.2) is 5.01 Å². The van der Waals surface area contributed by atoms with Crippen LogP contribution >= 0.6 is 22.9 Å². The van der Waals surface area contributed by atoms with Gasteiger partial charge in [-0.05, 0) is 24.6 Å². The summed E-state index contributed by atoms with van der Waals surface area (Å²) >= 11 is 7.06. The number of carbonyl (C=O) groups is 1. The van der Waals surface area contributed by atoms with Crippen molar-refractivity contribution in [2.45, 2.75) is 19.4 Å². The number of piperazine rings is 1. The van der Waals surface area contributed by atoms with Crippen molar-refractivity contribution in [2.75, 3.05) is 19.6 Å². The third kappa shape index (κ3) is 3.88. The van der Waals surface area contributed by atoms with Gasteiger partial charge in [-0.1, -0.05) is 17.7 Å². The normalized spacial score (nSPS) is 18.2. The Morgan fingerprint density at radius 3 is 3.13 bits per heavy atom. The van der Waals surface area contributed by atoms with E-state index in [9.17, 15) is 9.18 Å². The molecule has 1 aliphatic heterocycles. The van der Waals surface area contributed by atoms with Gasteiger partial charge in [0.05, 0.1) is 5.69 Å². The van der Waals surface area contributed by atoms with Crippen LogP contribution in [0, 0.1) is 5.82 Å². The van der Waals surface area contributed by atoms with Crippen LogP contribution in [0.3, 0.4) is 0 Å². The lowest BCUT2D eigenvalue weighted by molar-refractivity contribution is 0.0708. The number of benzene rings is 1. The highest BCUT2D eigenvalue weighted by atomic mass is 35.5. The molecule has 3 rings (SSSR count). The summed E-state index contributed by atoms with van der Waals surface area (Å²) in [5.41, 5.74) is 1.22. The Morgan fingerprint density at radius 2 is 2.39 bits per heavy atom. The molecule has 0 aliphatic carbocycles. The number of rotatable bonds is 3.